The first kappa shape index (κ1) is 12.6. The van der Waals surface area contributed by atoms with Gasteiger partial charge in [-0.3, -0.25) is 0 Å². The number of thiophene rings is 1. The van der Waals surface area contributed by atoms with Gasteiger partial charge in [-0.2, -0.15) is 0 Å². The topological polar surface area (TPSA) is 67.4 Å². The smallest absolute Gasteiger partial charge is 0.338 e. The van der Waals surface area contributed by atoms with Gasteiger partial charge in [0.1, 0.15) is 0 Å². The number of ether oxygens (including phenoxy) is 1. The highest BCUT2D eigenvalue weighted by Gasteiger charge is 2.32. The highest BCUT2D eigenvalue weighted by molar-refractivity contribution is 7.12. The minimum Gasteiger partial charge on any atom is -0.466 e. The Labute approximate surface area is 109 Å². The zero-order valence-electron chi connectivity index (χ0n) is 10.4. The fourth-order valence-electron chi connectivity index (χ4n) is 1.90. The van der Waals surface area contributed by atoms with Gasteiger partial charge in [0.15, 0.2) is 0 Å². The van der Waals surface area contributed by atoms with Crippen molar-refractivity contribution in [1.82, 2.24) is 10.6 Å². The summed E-state index contributed by atoms with van der Waals surface area (Å²) >= 11 is 1.55. The predicted octanol–water partition coefficient (Wildman–Crippen LogP) is 1.86. The van der Waals surface area contributed by atoms with Gasteiger partial charge in [0.05, 0.1) is 18.7 Å². The summed E-state index contributed by atoms with van der Waals surface area (Å²) in [6, 6.07) is 3.12. The number of hydrogen-bond donors (Lipinski definition) is 2. The van der Waals surface area contributed by atoms with Crippen LogP contribution in [0.25, 0.3) is 0 Å². The largest absolute Gasteiger partial charge is 0.466 e. The maximum Gasteiger partial charge on any atom is 0.338 e. The molecule has 6 heteroatoms. The molecule has 0 aliphatic carbocycles. The fraction of sp³-hybridized carbons (Fsp3) is 0.333. The lowest BCUT2D eigenvalue weighted by Gasteiger charge is -2.26. The van der Waals surface area contributed by atoms with E-state index in [9.17, 15) is 9.59 Å². The van der Waals surface area contributed by atoms with Gasteiger partial charge >= 0.3 is 12.0 Å². The first-order valence-corrected chi connectivity index (χ1v) is 6.27. The first-order chi connectivity index (χ1) is 8.52. The monoisotopic (exact) mass is 266 g/mol. The summed E-state index contributed by atoms with van der Waals surface area (Å²) in [7, 11) is 1.33. The van der Waals surface area contributed by atoms with E-state index in [0.717, 1.165) is 9.75 Å². The van der Waals surface area contributed by atoms with Gasteiger partial charge in [-0.1, -0.05) is 0 Å². The van der Waals surface area contributed by atoms with Crippen LogP contribution in [0.15, 0.2) is 23.4 Å². The number of amides is 2. The third-order valence-electron chi connectivity index (χ3n) is 2.72. The predicted molar refractivity (Wildman–Crippen MR) is 68.2 cm³/mol. The van der Waals surface area contributed by atoms with Crippen molar-refractivity contribution in [3.05, 3.63) is 33.2 Å². The van der Waals surface area contributed by atoms with Crippen LogP contribution >= 0.6 is 11.3 Å². The van der Waals surface area contributed by atoms with Crippen LogP contribution in [0.3, 0.4) is 0 Å². The molecule has 5 nitrogen and oxygen atoms in total. The van der Waals surface area contributed by atoms with Gasteiger partial charge in [-0.05, 0) is 26.0 Å². The van der Waals surface area contributed by atoms with E-state index < -0.39 is 12.0 Å². The van der Waals surface area contributed by atoms with Crippen molar-refractivity contribution in [2.75, 3.05) is 7.11 Å². The molecule has 1 aliphatic heterocycles. The van der Waals surface area contributed by atoms with Crippen LogP contribution in [0.4, 0.5) is 4.79 Å². The molecule has 2 amide bonds. The molecule has 0 unspecified atom stereocenters. The fourth-order valence-corrected chi connectivity index (χ4v) is 2.83. The number of nitrogens with one attached hydrogen (secondary N) is 2. The minimum absolute atomic E-state index is 0.309. The summed E-state index contributed by atoms with van der Waals surface area (Å²) in [5, 5.41) is 5.33. The van der Waals surface area contributed by atoms with E-state index in [1.165, 1.54) is 7.11 Å². The lowest BCUT2D eigenvalue weighted by atomic mass is 10.0. The first-order valence-electron chi connectivity index (χ1n) is 5.46. The molecule has 0 spiro atoms. The van der Waals surface area contributed by atoms with Gasteiger partial charge < -0.3 is 15.4 Å². The molecule has 0 bridgehead atoms. The van der Waals surface area contributed by atoms with Crippen molar-refractivity contribution < 1.29 is 14.3 Å². The Kier molecular flexibility index (Phi) is 3.38. The number of urea groups is 1. The second-order valence-electron chi connectivity index (χ2n) is 4.01. The van der Waals surface area contributed by atoms with Gasteiger partial charge in [0, 0.05) is 15.5 Å². The molecular formula is C12H14N2O3S. The number of carbonyl (C=O) groups is 2. The molecule has 1 atom stereocenters. The summed E-state index contributed by atoms with van der Waals surface area (Å²) in [6.07, 6.45) is 0. The SMILES string of the molecule is COC(=O)C1=C(C)NC(=O)N[C@H]1c1ccc(C)s1. The van der Waals surface area contributed by atoms with E-state index >= 15 is 0 Å². The van der Waals surface area contributed by atoms with Crippen molar-refractivity contribution in [2.24, 2.45) is 0 Å². The highest BCUT2D eigenvalue weighted by Crippen LogP contribution is 2.31. The number of aryl methyl sites for hydroxylation is 1. The van der Waals surface area contributed by atoms with Crippen molar-refractivity contribution in [3.8, 4) is 0 Å². The quantitative estimate of drug-likeness (QED) is 0.803. The Morgan fingerprint density at radius 1 is 1.39 bits per heavy atom. The molecule has 2 rings (SSSR count). The molecular weight excluding hydrogens is 252 g/mol. The molecule has 0 fully saturated rings. The molecule has 1 aromatic heterocycles. The molecule has 2 N–H and O–H groups in total. The number of allylic oxidation sites excluding steroid dienone is 1. The Morgan fingerprint density at radius 3 is 2.67 bits per heavy atom. The normalized spacial score (nSPS) is 19.3. The lowest BCUT2D eigenvalue weighted by Crippen LogP contribution is -2.45. The lowest BCUT2D eigenvalue weighted by molar-refractivity contribution is -0.136. The molecule has 0 saturated heterocycles. The average molecular weight is 266 g/mol. The van der Waals surface area contributed by atoms with Crippen LogP contribution in [0.1, 0.15) is 22.7 Å². The van der Waals surface area contributed by atoms with E-state index in [-0.39, 0.29) is 6.03 Å². The molecule has 18 heavy (non-hydrogen) atoms. The van der Waals surface area contributed by atoms with Crippen LogP contribution in [-0.2, 0) is 9.53 Å². The summed E-state index contributed by atoms with van der Waals surface area (Å²) in [5.41, 5.74) is 0.973. The molecule has 2 heterocycles. The Hall–Kier alpha value is -1.82. The zero-order valence-corrected chi connectivity index (χ0v) is 11.2. The van der Waals surface area contributed by atoms with Crippen molar-refractivity contribution in [3.63, 3.8) is 0 Å². The van der Waals surface area contributed by atoms with Crippen molar-refractivity contribution in [1.29, 1.82) is 0 Å². The van der Waals surface area contributed by atoms with E-state index in [2.05, 4.69) is 10.6 Å². The summed E-state index contributed by atoms with van der Waals surface area (Å²) < 4.78 is 4.77. The Bertz CT molecular complexity index is 533. The molecule has 0 aromatic carbocycles. The summed E-state index contributed by atoms with van der Waals surface area (Å²) in [6.45, 7) is 3.67. The minimum atomic E-state index is -0.440. The van der Waals surface area contributed by atoms with Crippen LogP contribution in [0, 0.1) is 6.92 Å². The van der Waals surface area contributed by atoms with Crippen LogP contribution in [0.2, 0.25) is 0 Å². The maximum absolute atomic E-state index is 11.8. The molecule has 96 valence electrons. The summed E-state index contributed by atoms with van der Waals surface area (Å²) in [4.78, 5) is 25.4. The highest BCUT2D eigenvalue weighted by atomic mass is 32.1. The van der Waals surface area contributed by atoms with E-state index in [4.69, 9.17) is 4.74 Å². The second-order valence-corrected chi connectivity index (χ2v) is 5.33. The Morgan fingerprint density at radius 2 is 2.11 bits per heavy atom. The average Bonchev–Trinajstić information content (AvgIpc) is 2.74. The van der Waals surface area contributed by atoms with E-state index in [1.807, 2.05) is 19.1 Å². The third-order valence-corrected chi connectivity index (χ3v) is 3.79. The molecule has 0 radical (unpaired) electrons. The third kappa shape index (κ3) is 2.24. The van der Waals surface area contributed by atoms with Crippen molar-refractivity contribution in [2.45, 2.75) is 19.9 Å². The maximum atomic E-state index is 11.8. The molecule has 0 saturated carbocycles. The zero-order chi connectivity index (χ0) is 13.3. The second kappa shape index (κ2) is 4.81. The number of esters is 1. The van der Waals surface area contributed by atoms with Crippen LogP contribution in [-0.4, -0.2) is 19.1 Å². The Balaban J connectivity index is 2.45. The van der Waals surface area contributed by atoms with Gasteiger partial charge in [-0.15, -0.1) is 11.3 Å². The molecule has 1 aliphatic rings. The van der Waals surface area contributed by atoms with Crippen LogP contribution < -0.4 is 10.6 Å². The standard InChI is InChI=1S/C12H14N2O3S/c1-6-4-5-8(18-6)10-9(11(15)17-3)7(2)13-12(16)14-10/h4-5,10H,1-3H3,(H2,13,14,16)/t10-/m0/s1. The number of carbonyl (C=O) groups excluding carboxylic acids is 2. The molecule has 1 aromatic rings. The number of hydrogen-bond acceptors (Lipinski definition) is 4. The van der Waals surface area contributed by atoms with Gasteiger partial charge in [0.25, 0.3) is 0 Å². The summed E-state index contributed by atoms with van der Waals surface area (Å²) in [5.74, 6) is -0.434. The number of rotatable bonds is 2. The van der Waals surface area contributed by atoms with Crippen molar-refractivity contribution >= 4 is 23.3 Å². The van der Waals surface area contributed by atoms with Gasteiger partial charge in [0.2, 0.25) is 0 Å². The van der Waals surface area contributed by atoms with E-state index in [0.29, 0.717) is 11.3 Å². The van der Waals surface area contributed by atoms with Crippen LogP contribution in [0.5, 0.6) is 0 Å². The van der Waals surface area contributed by atoms with Gasteiger partial charge in [-0.25, -0.2) is 9.59 Å². The number of methoxy groups -OCH3 is 1. The van der Waals surface area contributed by atoms with E-state index in [1.54, 1.807) is 18.3 Å².